The average Bonchev–Trinajstić information content (AvgIpc) is 2.57. The molecule has 0 amide bonds. The number of anilines is 1. The lowest BCUT2D eigenvalue weighted by atomic mass is 10.2. The second-order valence-electron chi connectivity index (χ2n) is 3.94. The van der Waals surface area contributed by atoms with Crippen molar-refractivity contribution in [2.45, 2.75) is 20.4 Å². The molecule has 0 saturated carbocycles. The van der Waals surface area contributed by atoms with Crippen LogP contribution in [0.15, 0.2) is 22.8 Å². The Labute approximate surface area is 109 Å². The van der Waals surface area contributed by atoms with Crippen molar-refractivity contribution >= 4 is 21.7 Å². The molecule has 0 fully saturated rings. The van der Waals surface area contributed by atoms with Gasteiger partial charge in [-0.15, -0.1) is 0 Å². The maximum atomic E-state index is 4.49. The Morgan fingerprint density at radius 3 is 2.76 bits per heavy atom. The van der Waals surface area contributed by atoms with Crippen molar-refractivity contribution in [1.82, 2.24) is 14.8 Å². The van der Waals surface area contributed by atoms with Gasteiger partial charge < -0.3 is 5.32 Å². The summed E-state index contributed by atoms with van der Waals surface area (Å²) in [6.07, 6.45) is 1.81. The number of rotatable bonds is 3. The quantitative estimate of drug-likeness (QED) is 0.946. The normalized spacial score (nSPS) is 10.6. The highest BCUT2D eigenvalue weighted by Crippen LogP contribution is 2.20. The topological polar surface area (TPSA) is 42.7 Å². The van der Waals surface area contributed by atoms with E-state index in [1.807, 2.05) is 37.0 Å². The van der Waals surface area contributed by atoms with Gasteiger partial charge in [0.15, 0.2) is 0 Å². The van der Waals surface area contributed by atoms with Crippen LogP contribution in [0.3, 0.4) is 0 Å². The molecule has 0 saturated heterocycles. The number of pyridine rings is 1. The van der Waals surface area contributed by atoms with E-state index in [-0.39, 0.29) is 0 Å². The Hall–Kier alpha value is -1.36. The van der Waals surface area contributed by atoms with Gasteiger partial charge in [-0.25, -0.2) is 4.98 Å². The highest BCUT2D eigenvalue weighted by Gasteiger charge is 2.08. The summed E-state index contributed by atoms with van der Waals surface area (Å²) in [6.45, 7) is 4.82. The molecule has 90 valence electrons. The average molecular weight is 295 g/mol. The van der Waals surface area contributed by atoms with Gasteiger partial charge in [0, 0.05) is 13.2 Å². The lowest BCUT2D eigenvalue weighted by molar-refractivity contribution is 0.658. The molecular formula is C12H15BrN4. The summed E-state index contributed by atoms with van der Waals surface area (Å²) in [6, 6.07) is 4.04. The summed E-state index contributed by atoms with van der Waals surface area (Å²) in [7, 11) is 1.87. The lowest BCUT2D eigenvalue weighted by Gasteiger charge is -2.06. The van der Waals surface area contributed by atoms with Crippen LogP contribution in [0.1, 0.15) is 17.0 Å². The Bertz CT molecular complexity index is 533. The molecular weight excluding hydrogens is 280 g/mol. The molecule has 1 N–H and O–H groups in total. The third-order valence-corrected chi connectivity index (χ3v) is 3.85. The van der Waals surface area contributed by atoms with E-state index in [0.717, 1.165) is 28.2 Å². The van der Waals surface area contributed by atoms with Gasteiger partial charge in [0.2, 0.25) is 0 Å². The standard InChI is InChI=1S/C12H15BrN4/c1-8-12(13)9(2)17(16-8)7-10-4-5-15-11(6-10)14-3/h4-6H,7H2,1-3H3,(H,14,15). The highest BCUT2D eigenvalue weighted by molar-refractivity contribution is 9.10. The van der Waals surface area contributed by atoms with Crippen molar-refractivity contribution in [3.05, 3.63) is 39.8 Å². The van der Waals surface area contributed by atoms with Crippen molar-refractivity contribution in [2.75, 3.05) is 12.4 Å². The first kappa shape index (κ1) is 12.1. The summed E-state index contributed by atoms with van der Waals surface area (Å²) in [4.78, 5) is 4.19. The third kappa shape index (κ3) is 2.49. The van der Waals surface area contributed by atoms with E-state index in [4.69, 9.17) is 0 Å². The summed E-state index contributed by atoms with van der Waals surface area (Å²) in [5.74, 6) is 0.878. The minimum atomic E-state index is 0.759. The fraction of sp³-hybridized carbons (Fsp3) is 0.333. The van der Waals surface area contributed by atoms with Gasteiger partial charge in [0.05, 0.1) is 22.4 Å². The Morgan fingerprint density at radius 2 is 2.18 bits per heavy atom. The van der Waals surface area contributed by atoms with Gasteiger partial charge in [-0.2, -0.15) is 5.10 Å². The monoisotopic (exact) mass is 294 g/mol. The van der Waals surface area contributed by atoms with Crippen LogP contribution in [-0.2, 0) is 6.54 Å². The smallest absolute Gasteiger partial charge is 0.125 e. The molecule has 0 atom stereocenters. The number of nitrogens with one attached hydrogen (secondary N) is 1. The molecule has 0 spiro atoms. The molecule has 0 unspecified atom stereocenters. The van der Waals surface area contributed by atoms with Gasteiger partial charge in [0.25, 0.3) is 0 Å². The minimum Gasteiger partial charge on any atom is -0.373 e. The predicted molar refractivity (Wildman–Crippen MR) is 72.3 cm³/mol. The van der Waals surface area contributed by atoms with Crippen molar-refractivity contribution in [3.8, 4) is 0 Å². The van der Waals surface area contributed by atoms with Crippen molar-refractivity contribution in [2.24, 2.45) is 0 Å². The zero-order valence-corrected chi connectivity index (χ0v) is 11.7. The van der Waals surface area contributed by atoms with Crippen LogP contribution in [0, 0.1) is 13.8 Å². The molecule has 5 heteroatoms. The summed E-state index contributed by atoms with van der Waals surface area (Å²) in [5.41, 5.74) is 3.35. The molecule has 2 rings (SSSR count). The van der Waals surface area contributed by atoms with E-state index in [2.05, 4.69) is 38.3 Å². The number of hydrogen-bond donors (Lipinski definition) is 1. The van der Waals surface area contributed by atoms with Gasteiger partial charge >= 0.3 is 0 Å². The zero-order valence-electron chi connectivity index (χ0n) is 10.2. The maximum Gasteiger partial charge on any atom is 0.125 e. The molecule has 0 bridgehead atoms. The molecule has 2 heterocycles. The largest absolute Gasteiger partial charge is 0.373 e. The van der Waals surface area contributed by atoms with Crippen LogP contribution in [0.25, 0.3) is 0 Å². The Kier molecular flexibility index (Phi) is 3.47. The number of aromatic nitrogens is 3. The third-order valence-electron chi connectivity index (χ3n) is 2.71. The summed E-state index contributed by atoms with van der Waals surface area (Å²) in [5, 5.41) is 7.52. The first-order valence-electron chi connectivity index (χ1n) is 5.44. The molecule has 17 heavy (non-hydrogen) atoms. The number of nitrogens with zero attached hydrogens (tertiary/aromatic N) is 3. The van der Waals surface area contributed by atoms with Crippen LogP contribution in [0.5, 0.6) is 0 Å². The SMILES string of the molecule is CNc1cc(Cn2nc(C)c(Br)c2C)ccn1. The van der Waals surface area contributed by atoms with E-state index in [9.17, 15) is 0 Å². The first-order chi connectivity index (χ1) is 8.11. The molecule has 2 aromatic heterocycles. The van der Waals surface area contributed by atoms with E-state index in [0.29, 0.717) is 0 Å². The Balaban J connectivity index is 2.28. The fourth-order valence-electron chi connectivity index (χ4n) is 1.71. The number of aryl methyl sites for hydroxylation is 1. The van der Waals surface area contributed by atoms with Crippen LogP contribution in [0.2, 0.25) is 0 Å². The Morgan fingerprint density at radius 1 is 1.41 bits per heavy atom. The molecule has 0 aliphatic carbocycles. The maximum absolute atomic E-state index is 4.49. The molecule has 0 aliphatic rings. The first-order valence-corrected chi connectivity index (χ1v) is 6.23. The van der Waals surface area contributed by atoms with Crippen LogP contribution in [-0.4, -0.2) is 21.8 Å². The summed E-state index contributed by atoms with van der Waals surface area (Å²) >= 11 is 3.53. The zero-order chi connectivity index (χ0) is 12.4. The molecule has 0 radical (unpaired) electrons. The second-order valence-corrected chi connectivity index (χ2v) is 4.73. The predicted octanol–water partition coefficient (Wildman–Crippen LogP) is 2.75. The molecule has 4 nitrogen and oxygen atoms in total. The molecule has 0 aromatic carbocycles. The van der Waals surface area contributed by atoms with Gasteiger partial charge in [-0.3, -0.25) is 4.68 Å². The van der Waals surface area contributed by atoms with E-state index >= 15 is 0 Å². The summed E-state index contributed by atoms with van der Waals surface area (Å²) < 4.78 is 3.08. The number of halogens is 1. The van der Waals surface area contributed by atoms with Gasteiger partial charge in [0.1, 0.15) is 5.82 Å². The number of hydrogen-bond acceptors (Lipinski definition) is 3. The van der Waals surface area contributed by atoms with Crippen molar-refractivity contribution in [1.29, 1.82) is 0 Å². The second kappa shape index (κ2) is 4.87. The van der Waals surface area contributed by atoms with Gasteiger partial charge in [-0.05, 0) is 47.5 Å². The minimum absolute atomic E-state index is 0.759. The van der Waals surface area contributed by atoms with Gasteiger partial charge in [-0.1, -0.05) is 0 Å². The van der Waals surface area contributed by atoms with Crippen LogP contribution in [0.4, 0.5) is 5.82 Å². The fourth-order valence-corrected chi connectivity index (χ4v) is 2.00. The van der Waals surface area contributed by atoms with Crippen molar-refractivity contribution < 1.29 is 0 Å². The van der Waals surface area contributed by atoms with Crippen LogP contribution >= 0.6 is 15.9 Å². The van der Waals surface area contributed by atoms with E-state index < -0.39 is 0 Å². The van der Waals surface area contributed by atoms with Crippen LogP contribution < -0.4 is 5.32 Å². The van der Waals surface area contributed by atoms with Crippen molar-refractivity contribution in [3.63, 3.8) is 0 Å². The molecule has 2 aromatic rings. The lowest BCUT2D eigenvalue weighted by Crippen LogP contribution is -2.05. The highest BCUT2D eigenvalue weighted by atomic mass is 79.9. The molecule has 0 aliphatic heterocycles. The van der Waals surface area contributed by atoms with E-state index in [1.165, 1.54) is 5.56 Å². The van der Waals surface area contributed by atoms with E-state index in [1.54, 1.807) is 0 Å².